The summed E-state index contributed by atoms with van der Waals surface area (Å²) in [5, 5.41) is 9.54. The number of amidine groups is 1. The monoisotopic (exact) mass is 615 g/mol. The summed E-state index contributed by atoms with van der Waals surface area (Å²) in [6, 6.07) is 43.7. The molecule has 0 bridgehead atoms. The lowest BCUT2D eigenvalue weighted by atomic mass is 9.66. The maximum Gasteiger partial charge on any atom is 0.354 e. The third-order valence-electron chi connectivity index (χ3n) is 9.54. The number of aryl methyl sites for hydroxylation is 3. The first-order chi connectivity index (χ1) is 23.0. The summed E-state index contributed by atoms with van der Waals surface area (Å²) in [5.74, 6) is 0.193. The maximum absolute atomic E-state index is 14.9. The molecule has 0 unspecified atom stereocenters. The molecular formula is C41H33N3O3. The minimum absolute atomic E-state index is 0.461. The van der Waals surface area contributed by atoms with E-state index in [1.165, 1.54) is 0 Å². The summed E-state index contributed by atoms with van der Waals surface area (Å²) < 4.78 is 0. The summed E-state index contributed by atoms with van der Waals surface area (Å²) in [6.45, 7) is 6.30. The van der Waals surface area contributed by atoms with Gasteiger partial charge in [-0.3, -0.25) is 4.90 Å². The number of hydrogen-bond acceptors (Lipinski definition) is 6. The van der Waals surface area contributed by atoms with E-state index in [2.05, 4.69) is 61.2 Å². The summed E-state index contributed by atoms with van der Waals surface area (Å²) in [5.41, 5.74) is 6.21. The zero-order chi connectivity index (χ0) is 32.2. The van der Waals surface area contributed by atoms with Gasteiger partial charge in [-0.05, 0) is 49.1 Å². The van der Waals surface area contributed by atoms with Gasteiger partial charge in [0.1, 0.15) is 5.71 Å². The van der Waals surface area contributed by atoms with E-state index in [-0.39, 0.29) is 0 Å². The van der Waals surface area contributed by atoms with E-state index in [1.54, 1.807) is 0 Å². The Hall–Kier alpha value is -5.75. The molecule has 1 saturated heterocycles. The van der Waals surface area contributed by atoms with Crippen molar-refractivity contribution in [1.29, 1.82) is 0 Å². The van der Waals surface area contributed by atoms with Gasteiger partial charge in [0.2, 0.25) is 0 Å². The molecule has 8 rings (SSSR count). The molecule has 5 aromatic rings. The van der Waals surface area contributed by atoms with Gasteiger partial charge in [-0.15, -0.1) is 0 Å². The zero-order valence-electron chi connectivity index (χ0n) is 26.4. The van der Waals surface area contributed by atoms with Crippen molar-refractivity contribution in [3.63, 3.8) is 0 Å². The third kappa shape index (κ3) is 4.14. The minimum Gasteiger partial charge on any atom is -0.355 e. The number of nitrogens with zero attached hydrogens (tertiary/aromatic N) is 3. The first kappa shape index (κ1) is 28.7. The highest BCUT2D eigenvalue weighted by Gasteiger charge is 2.76. The van der Waals surface area contributed by atoms with Crippen molar-refractivity contribution in [1.82, 2.24) is 4.90 Å². The molecule has 3 heterocycles. The van der Waals surface area contributed by atoms with E-state index in [9.17, 15) is 4.79 Å². The maximum atomic E-state index is 14.9. The average Bonchev–Trinajstić information content (AvgIpc) is 3.72. The van der Waals surface area contributed by atoms with Gasteiger partial charge in [0, 0.05) is 22.3 Å². The summed E-state index contributed by atoms with van der Waals surface area (Å²) in [7, 11) is 0. The van der Waals surface area contributed by atoms with E-state index in [0.29, 0.717) is 17.1 Å². The smallest absolute Gasteiger partial charge is 0.354 e. The summed E-state index contributed by atoms with van der Waals surface area (Å²) >= 11 is 0. The lowest BCUT2D eigenvalue weighted by Crippen LogP contribution is -2.45. The topological polar surface area (TPSA) is 63.5 Å². The van der Waals surface area contributed by atoms with Crippen molar-refractivity contribution in [3.05, 3.63) is 184 Å². The Labute approximate surface area is 274 Å². The SMILES string of the molecule is Cc1cc(C)c(C2=NO[C@@]3(c4ccccc4)/C(=C/c4ccccc4)[C@@]4(C(=O)ON=C4c4ccccc4)[C@@H](c4ccccc4)N23)c(C)c1. The molecule has 0 amide bonds. The van der Waals surface area contributed by atoms with Gasteiger partial charge in [0.05, 0.1) is 6.04 Å². The van der Waals surface area contributed by atoms with E-state index < -0.39 is 23.2 Å². The van der Waals surface area contributed by atoms with Gasteiger partial charge in [-0.25, -0.2) is 4.79 Å². The number of hydrogen-bond donors (Lipinski definition) is 0. The van der Waals surface area contributed by atoms with Crippen LogP contribution in [0.4, 0.5) is 0 Å². The predicted octanol–water partition coefficient (Wildman–Crippen LogP) is 8.24. The van der Waals surface area contributed by atoms with Crippen LogP contribution in [0.3, 0.4) is 0 Å². The number of fused-ring (bicyclic) bond motifs is 1. The highest BCUT2D eigenvalue weighted by molar-refractivity contribution is 6.23. The van der Waals surface area contributed by atoms with Crippen LogP contribution in [0.1, 0.15) is 50.5 Å². The van der Waals surface area contributed by atoms with Gasteiger partial charge < -0.3 is 9.68 Å². The van der Waals surface area contributed by atoms with E-state index in [0.717, 1.165) is 44.5 Å². The molecule has 0 radical (unpaired) electrons. The Bertz CT molecular complexity index is 2070. The van der Waals surface area contributed by atoms with Crippen LogP contribution in [0, 0.1) is 26.2 Å². The molecular weight excluding hydrogens is 582 g/mol. The van der Waals surface area contributed by atoms with Crippen molar-refractivity contribution in [2.45, 2.75) is 32.5 Å². The Balaban J connectivity index is 1.54. The van der Waals surface area contributed by atoms with Crippen LogP contribution in [-0.4, -0.2) is 22.4 Å². The normalized spacial score (nSPS) is 23.8. The standard InChI is InChI=1S/C41H33N3O3/c1-27-24-28(2)35(29(3)25-27)38-43-47-41(33-22-14-7-15-23-33)34(26-30-16-8-4-9-17-30)40(37(44(38)41)32-20-12-6-13-21-32)36(42-46-39(40)45)31-18-10-5-11-19-31/h4-26,37H,1-3H3/b34-26+/t37-,40+,41+/m1/s1. The van der Waals surface area contributed by atoms with Crippen LogP contribution in [0.15, 0.2) is 149 Å². The average molecular weight is 616 g/mol. The molecule has 3 aliphatic heterocycles. The van der Waals surface area contributed by atoms with Gasteiger partial charge in [-0.1, -0.05) is 149 Å². The quantitative estimate of drug-likeness (QED) is 0.187. The molecule has 3 atom stereocenters. The zero-order valence-corrected chi connectivity index (χ0v) is 26.4. The van der Waals surface area contributed by atoms with Crippen molar-refractivity contribution in [3.8, 4) is 0 Å². The van der Waals surface area contributed by atoms with Crippen LogP contribution in [0.5, 0.6) is 0 Å². The molecule has 1 spiro atoms. The lowest BCUT2D eigenvalue weighted by molar-refractivity contribution is -0.147. The highest BCUT2D eigenvalue weighted by Crippen LogP contribution is 2.67. The van der Waals surface area contributed by atoms with Gasteiger partial charge in [0.25, 0.3) is 5.72 Å². The first-order valence-corrected chi connectivity index (χ1v) is 15.8. The number of carbonyl (C=O) groups excluding carboxylic acids is 1. The van der Waals surface area contributed by atoms with Crippen molar-refractivity contribution in [2.24, 2.45) is 15.7 Å². The van der Waals surface area contributed by atoms with Crippen LogP contribution < -0.4 is 0 Å². The van der Waals surface area contributed by atoms with E-state index in [4.69, 9.17) is 14.8 Å². The molecule has 0 aromatic heterocycles. The molecule has 0 N–H and O–H groups in total. The molecule has 3 aliphatic rings. The van der Waals surface area contributed by atoms with Crippen molar-refractivity contribution < 1.29 is 14.5 Å². The Kier molecular flexibility index (Phi) is 6.69. The number of benzene rings is 5. The molecule has 230 valence electrons. The van der Waals surface area contributed by atoms with E-state index in [1.807, 2.05) is 109 Å². The van der Waals surface area contributed by atoms with Crippen LogP contribution in [0.2, 0.25) is 0 Å². The number of oxime groups is 2. The summed E-state index contributed by atoms with van der Waals surface area (Å²) in [6.07, 6.45) is 2.07. The Morgan fingerprint density at radius 3 is 1.94 bits per heavy atom. The molecule has 1 fully saturated rings. The first-order valence-electron chi connectivity index (χ1n) is 15.8. The second-order valence-corrected chi connectivity index (χ2v) is 12.4. The van der Waals surface area contributed by atoms with E-state index >= 15 is 0 Å². The van der Waals surface area contributed by atoms with Gasteiger partial charge in [-0.2, -0.15) is 0 Å². The second-order valence-electron chi connectivity index (χ2n) is 12.4. The summed E-state index contributed by atoms with van der Waals surface area (Å²) in [4.78, 5) is 29.8. The highest BCUT2D eigenvalue weighted by atomic mass is 16.7. The van der Waals surface area contributed by atoms with Gasteiger partial charge in [0.15, 0.2) is 11.3 Å². The fraction of sp³-hybridized carbons (Fsp3) is 0.146. The Morgan fingerprint density at radius 1 is 0.723 bits per heavy atom. The number of carbonyl (C=O) groups is 1. The second kappa shape index (κ2) is 11.0. The third-order valence-corrected chi connectivity index (χ3v) is 9.54. The largest absolute Gasteiger partial charge is 0.355 e. The molecule has 6 nitrogen and oxygen atoms in total. The fourth-order valence-corrected chi connectivity index (χ4v) is 7.79. The molecule has 0 aliphatic carbocycles. The molecule has 47 heavy (non-hydrogen) atoms. The van der Waals surface area contributed by atoms with Crippen molar-refractivity contribution in [2.75, 3.05) is 0 Å². The molecule has 0 saturated carbocycles. The van der Waals surface area contributed by atoms with Gasteiger partial charge >= 0.3 is 5.97 Å². The predicted molar refractivity (Wildman–Crippen MR) is 183 cm³/mol. The van der Waals surface area contributed by atoms with Crippen LogP contribution in [0.25, 0.3) is 6.08 Å². The Morgan fingerprint density at radius 2 is 1.30 bits per heavy atom. The van der Waals surface area contributed by atoms with Crippen molar-refractivity contribution >= 4 is 23.6 Å². The van der Waals surface area contributed by atoms with Crippen LogP contribution in [-0.2, 0) is 20.2 Å². The van der Waals surface area contributed by atoms with Crippen LogP contribution >= 0.6 is 0 Å². The number of rotatable bonds is 5. The molecule has 5 aromatic carbocycles. The lowest BCUT2D eigenvalue weighted by Gasteiger charge is -2.36. The minimum atomic E-state index is -1.41. The molecule has 6 heteroatoms. The fourth-order valence-electron chi connectivity index (χ4n) is 7.79.